The molecular formula is C9H13ClN2O2S2. The molecule has 0 N–H and O–H groups in total. The second kappa shape index (κ2) is 7.09. The quantitative estimate of drug-likeness (QED) is 0.750. The molecule has 0 saturated carbocycles. The Morgan fingerprint density at radius 3 is 3.00 bits per heavy atom. The number of hydrogen-bond acceptors (Lipinski definition) is 6. The van der Waals surface area contributed by atoms with Crippen LogP contribution in [0.2, 0.25) is 4.34 Å². The summed E-state index contributed by atoms with van der Waals surface area (Å²) in [5.74, 6) is 0.514. The topological polar surface area (TPSA) is 52.1 Å². The number of ether oxygens (including phenoxy) is 1. The minimum absolute atomic E-state index is 0.162. The van der Waals surface area contributed by atoms with Crippen molar-refractivity contribution in [3.05, 3.63) is 10.0 Å². The summed E-state index contributed by atoms with van der Waals surface area (Å²) in [6, 6.07) is 0. The van der Waals surface area contributed by atoms with Gasteiger partial charge in [-0.25, -0.2) is 0 Å². The first-order valence-corrected chi connectivity index (χ1v) is 7.07. The zero-order chi connectivity index (χ0) is 12.0. The molecule has 1 heterocycles. The van der Waals surface area contributed by atoms with Crippen molar-refractivity contribution in [2.24, 2.45) is 0 Å². The molecule has 0 unspecified atom stereocenters. The van der Waals surface area contributed by atoms with Crippen molar-refractivity contribution < 1.29 is 9.53 Å². The van der Waals surface area contributed by atoms with Crippen LogP contribution in [0.4, 0.5) is 0 Å². The van der Waals surface area contributed by atoms with Crippen LogP contribution >= 0.6 is 34.9 Å². The van der Waals surface area contributed by atoms with Gasteiger partial charge in [-0.3, -0.25) is 4.79 Å². The van der Waals surface area contributed by atoms with E-state index in [0.29, 0.717) is 23.1 Å². The summed E-state index contributed by atoms with van der Waals surface area (Å²) in [5.41, 5.74) is 0.785. The molecule has 7 heteroatoms. The summed E-state index contributed by atoms with van der Waals surface area (Å²) in [4.78, 5) is 11.2. The molecule has 0 aliphatic heterocycles. The van der Waals surface area contributed by atoms with Gasteiger partial charge in [-0.1, -0.05) is 23.0 Å². The van der Waals surface area contributed by atoms with E-state index < -0.39 is 0 Å². The van der Waals surface area contributed by atoms with E-state index in [1.165, 1.54) is 11.5 Å². The molecule has 0 radical (unpaired) electrons. The smallest absolute Gasteiger partial charge is 0.306 e. The van der Waals surface area contributed by atoms with Crippen molar-refractivity contribution in [1.29, 1.82) is 0 Å². The van der Waals surface area contributed by atoms with Crippen molar-refractivity contribution in [2.75, 3.05) is 6.61 Å². The minimum Gasteiger partial charge on any atom is -0.466 e. The largest absolute Gasteiger partial charge is 0.466 e. The number of halogens is 1. The van der Waals surface area contributed by atoms with Crippen molar-refractivity contribution >= 4 is 40.9 Å². The minimum atomic E-state index is -0.162. The van der Waals surface area contributed by atoms with E-state index in [2.05, 4.69) is 9.59 Å². The summed E-state index contributed by atoms with van der Waals surface area (Å²) in [6.07, 6.45) is 0.410. The molecule has 0 aliphatic carbocycles. The molecule has 1 aromatic rings. The van der Waals surface area contributed by atoms with Crippen molar-refractivity contribution in [3.63, 3.8) is 0 Å². The van der Waals surface area contributed by atoms with Gasteiger partial charge in [0.25, 0.3) is 0 Å². The van der Waals surface area contributed by atoms with Crippen LogP contribution in [0.1, 0.15) is 26.0 Å². The van der Waals surface area contributed by atoms with E-state index in [1.807, 2.05) is 6.92 Å². The normalized spacial score (nSPS) is 12.4. The number of nitrogens with zero attached hydrogens (tertiary/aromatic N) is 2. The fraction of sp³-hybridized carbons (Fsp3) is 0.667. The van der Waals surface area contributed by atoms with Gasteiger partial charge in [0, 0.05) is 22.5 Å². The summed E-state index contributed by atoms with van der Waals surface area (Å²) in [5, 5.41) is 4.09. The molecule has 4 nitrogen and oxygen atoms in total. The van der Waals surface area contributed by atoms with Crippen LogP contribution in [0.25, 0.3) is 0 Å². The molecule has 1 atom stereocenters. The van der Waals surface area contributed by atoms with Crippen molar-refractivity contribution in [2.45, 2.75) is 31.3 Å². The van der Waals surface area contributed by atoms with Gasteiger partial charge in [-0.05, 0) is 6.92 Å². The van der Waals surface area contributed by atoms with Gasteiger partial charge in [0.15, 0.2) is 0 Å². The van der Waals surface area contributed by atoms with Crippen LogP contribution in [0.3, 0.4) is 0 Å². The molecular weight excluding hydrogens is 268 g/mol. The number of aromatic nitrogens is 2. The maximum Gasteiger partial charge on any atom is 0.306 e. The molecule has 1 aromatic heterocycles. The van der Waals surface area contributed by atoms with E-state index in [-0.39, 0.29) is 11.2 Å². The average Bonchev–Trinajstić information content (AvgIpc) is 2.61. The third-order valence-corrected chi connectivity index (χ3v) is 3.93. The van der Waals surface area contributed by atoms with Gasteiger partial charge in [-0.15, -0.1) is 5.10 Å². The van der Waals surface area contributed by atoms with E-state index in [9.17, 15) is 4.79 Å². The maximum atomic E-state index is 11.2. The van der Waals surface area contributed by atoms with Gasteiger partial charge < -0.3 is 4.74 Å². The number of esters is 1. The Bertz CT molecular complexity index is 346. The van der Waals surface area contributed by atoms with Crippen molar-refractivity contribution in [3.8, 4) is 0 Å². The number of rotatable bonds is 6. The highest BCUT2D eigenvalue weighted by Crippen LogP contribution is 2.25. The number of hydrogen-bond donors (Lipinski definition) is 0. The van der Waals surface area contributed by atoms with Crippen LogP contribution in [0, 0.1) is 0 Å². The van der Waals surface area contributed by atoms with Gasteiger partial charge in [0.1, 0.15) is 10.0 Å². The average molecular weight is 281 g/mol. The summed E-state index contributed by atoms with van der Waals surface area (Å²) in [7, 11) is 0. The summed E-state index contributed by atoms with van der Waals surface area (Å²) >= 11 is 8.67. The second-order valence-electron chi connectivity index (χ2n) is 3.12. The molecule has 0 spiro atoms. The number of carbonyl (C=O) groups excluding carboxylic acids is 1. The van der Waals surface area contributed by atoms with Crippen molar-refractivity contribution in [1.82, 2.24) is 9.59 Å². The zero-order valence-electron chi connectivity index (χ0n) is 9.10. The first kappa shape index (κ1) is 13.7. The Hall–Kier alpha value is -0.330. The Balaban J connectivity index is 2.27. The molecule has 0 saturated heterocycles. The third kappa shape index (κ3) is 4.67. The van der Waals surface area contributed by atoms with Gasteiger partial charge in [0.2, 0.25) is 0 Å². The third-order valence-electron chi connectivity index (χ3n) is 1.77. The van der Waals surface area contributed by atoms with E-state index in [0.717, 1.165) is 5.69 Å². The molecule has 1 rings (SSSR count). The lowest BCUT2D eigenvalue weighted by molar-refractivity contribution is -0.142. The highest BCUT2D eigenvalue weighted by molar-refractivity contribution is 7.99. The van der Waals surface area contributed by atoms with Crippen LogP contribution in [-0.2, 0) is 15.3 Å². The van der Waals surface area contributed by atoms with Crippen LogP contribution in [0.5, 0.6) is 0 Å². The molecule has 0 aromatic carbocycles. The predicted molar refractivity (Wildman–Crippen MR) is 66.9 cm³/mol. The van der Waals surface area contributed by atoms with Crippen LogP contribution in [0.15, 0.2) is 0 Å². The Labute approximate surface area is 108 Å². The fourth-order valence-corrected chi connectivity index (χ4v) is 2.71. The lowest BCUT2D eigenvalue weighted by atomic mass is 10.3. The predicted octanol–water partition coefficient (Wildman–Crippen LogP) is 2.77. The number of carbonyl (C=O) groups is 1. The first-order chi connectivity index (χ1) is 7.63. The summed E-state index contributed by atoms with van der Waals surface area (Å²) in [6.45, 7) is 4.21. The highest BCUT2D eigenvalue weighted by Gasteiger charge is 2.12. The fourth-order valence-electron chi connectivity index (χ4n) is 1.02. The SMILES string of the molecule is CCOC(=O)C[C@H](C)SCc1nnsc1Cl. The van der Waals surface area contributed by atoms with Crippen LogP contribution in [-0.4, -0.2) is 27.4 Å². The van der Waals surface area contributed by atoms with E-state index in [1.54, 1.807) is 18.7 Å². The zero-order valence-corrected chi connectivity index (χ0v) is 11.5. The Morgan fingerprint density at radius 1 is 1.69 bits per heavy atom. The maximum absolute atomic E-state index is 11.2. The molecule has 16 heavy (non-hydrogen) atoms. The highest BCUT2D eigenvalue weighted by atomic mass is 35.5. The molecule has 0 bridgehead atoms. The van der Waals surface area contributed by atoms with E-state index >= 15 is 0 Å². The summed E-state index contributed by atoms with van der Waals surface area (Å²) < 4.78 is 9.23. The van der Waals surface area contributed by atoms with E-state index in [4.69, 9.17) is 16.3 Å². The lowest BCUT2D eigenvalue weighted by Gasteiger charge is -2.09. The van der Waals surface area contributed by atoms with Gasteiger partial charge in [-0.2, -0.15) is 11.8 Å². The molecule has 90 valence electrons. The number of thioether (sulfide) groups is 1. The monoisotopic (exact) mass is 280 g/mol. The standard InChI is InChI=1S/C9H13ClN2O2S2/c1-3-14-8(13)4-6(2)15-5-7-9(10)16-12-11-7/h6H,3-5H2,1-2H3/t6-/m0/s1. The van der Waals surface area contributed by atoms with Crippen LogP contribution < -0.4 is 0 Å². The molecule has 0 aliphatic rings. The Kier molecular flexibility index (Phi) is 6.08. The first-order valence-electron chi connectivity index (χ1n) is 4.87. The second-order valence-corrected chi connectivity index (χ2v) is 5.91. The van der Waals surface area contributed by atoms with Gasteiger partial charge >= 0.3 is 5.97 Å². The molecule has 0 fully saturated rings. The molecule has 0 amide bonds. The van der Waals surface area contributed by atoms with Gasteiger partial charge in [0.05, 0.1) is 13.0 Å². The Morgan fingerprint density at radius 2 is 2.44 bits per heavy atom. The lowest BCUT2D eigenvalue weighted by Crippen LogP contribution is -2.10.